The van der Waals surface area contributed by atoms with Gasteiger partial charge in [-0.1, -0.05) is 35.8 Å². The van der Waals surface area contributed by atoms with Crippen molar-refractivity contribution in [2.45, 2.75) is 32.7 Å². The van der Waals surface area contributed by atoms with E-state index in [1.807, 2.05) is 38.1 Å². The van der Waals surface area contributed by atoms with Crippen molar-refractivity contribution in [3.63, 3.8) is 0 Å². The van der Waals surface area contributed by atoms with Gasteiger partial charge in [0.15, 0.2) is 0 Å². The van der Waals surface area contributed by atoms with Crippen LogP contribution in [0.4, 0.5) is 5.69 Å². The van der Waals surface area contributed by atoms with Crippen LogP contribution >= 0.6 is 15.9 Å². The fourth-order valence-electron chi connectivity index (χ4n) is 3.07. The van der Waals surface area contributed by atoms with Crippen LogP contribution in [0, 0.1) is 11.8 Å². The molecule has 0 aromatic heterocycles. The molecule has 1 fully saturated rings. The van der Waals surface area contributed by atoms with Gasteiger partial charge in [0.1, 0.15) is 6.04 Å². The topological polar surface area (TPSA) is 69.7 Å². The van der Waals surface area contributed by atoms with E-state index in [2.05, 4.69) is 21.2 Å². The standard InChI is InChI=1S/C19H26BrN3O3/c1-12(2)8-16(19(26)22(3)4)21-18(25)13-9-17(24)23(11-13)15-7-5-6-14(20)10-15/h5-7,10,12-13,16H,8-9,11H2,1-4H3,(H,21,25)/t13-,16-/m1/s1. The van der Waals surface area contributed by atoms with Gasteiger partial charge in [-0.3, -0.25) is 14.4 Å². The number of carbonyl (C=O) groups excluding carboxylic acids is 3. The number of benzene rings is 1. The monoisotopic (exact) mass is 423 g/mol. The Labute approximate surface area is 163 Å². The van der Waals surface area contributed by atoms with E-state index in [4.69, 9.17) is 0 Å². The molecular formula is C19H26BrN3O3. The van der Waals surface area contributed by atoms with Gasteiger partial charge in [-0.25, -0.2) is 0 Å². The minimum absolute atomic E-state index is 0.0809. The van der Waals surface area contributed by atoms with E-state index in [-0.39, 0.29) is 30.1 Å². The molecule has 0 aliphatic carbocycles. The molecule has 142 valence electrons. The van der Waals surface area contributed by atoms with Crippen LogP contribution in [0.25, 0.3) is 0 Å². The Morgan fingerprint density at radius 2 is 2.04 bits per heavy atom. The van der Waals surface area contributed by atoms with Gasteiger partial charge >= 0.3 is 0 Å². The second-order valence-electron chi connectivity index (χ2n) is 7.31. The first-order chi connectivity index (χ1) is 12.2. The maximum atomic E-state index is 12.7. The molecule has 3 amide bonds. The molecule has 0 unspecified atom stereocenters. The van der Waals surface area contributed by atoms with Crippen molar-refractivity contribution < 1.29 is 14.4 Å². The summed E-state index contributed by atoms with van der Waals surface area (Å²) in [5, 5.41) is 2.86. The second kappa shape index (κ2) is 8.66. The van der Waals surface area contributed by atoms with E-state index in [0.717, 1.165) is 10.2 Å². The molecule has 0 saturated carbocycles. The fourth-order valence-corrected chi connectivity index (χ4v) is 3.46. The van der Waals surface area contributed by atoms with Crippen molar-refractivity contribution in [2.24, 2.45) is 11.8 Å². The number of hydrogen-bond donors (Lipinski definition) is 1. The summed E-state index contributed by atoms with van der Waals surface area (Å²) < 4.78 is 0.879. The van der Waals surface area contributed by atoms with Gasteiger partial charge in [-0.05, 0) is 30.5 Å². The van der Waals surface area contributed by atoms with Crippen LogP contribution in [0.3, 0.4) is 0 Å². The summed E-state index contributed by atoms with van der Waals surface area (Å²) in [6, 6.07) is 6.88. The minimum Gasteiger partial charge on any atom is -0.347 e. The van der Waals surface area contributed by atoms with E-state index in [9.17, 15) is 14.4 Å². The van der Waals surface area contributed by atoms with Crippen LogP contribution < -0.4 is 10.2 Å². The molecule has 7 heteroatoms. The third kappa shape index (κ3) is 5.06. The highest BCUT2D eigenvalue weighted by Crippen LogP contribution is 2.27. The first-order valence-corrected chi connectivity index (χ1v) is 9.55. The Balaban J connectivity index is 2.07. The van der Waals surface area contributed by atoms with Gasteiger partial charge in [0.25, 0.3) is 0 Å². The van der Waals surface area contributed by atoms with Gasteiger partial charge in [0, 0.05) is 37.2 Å². The SMILES string of the molecule is CC(C)C[C@@H](NC(=O)[C@@H]1CC(=O)N(c2cccc(Br)c2)C1)C(=O)N(C)C. The van der Waals surface area contributed by atoms with Crippen LogP contribution in [0.2, 0.25) is 0 Å². The van der Waals surface area contributed by atoms with Gasteiger partial charge in [-0.15, -0.1) is 0 Å². The Kier molecular flexibility index (Phi) is 6.81. The van der Waals surface area contributed by atoms with Crippen molar-refractivity contribution in [3.8, 4) is 0 Å². The number of likely N-dealkylation sites (N-methyl/N-ethyl adjacent to an activating group) is 1. The molecule has 1 heterocycles. The highest BCUT2D eigenvalue weighted by atomic mass is 79.9. The molecule has 2 rings (SSSR count). The molecule has 26 heavy (non-hydrogen) atoms. The molecule has 0 spiro atoms. The average molecular weight is 424 g/mol. The summed E-state index contributed by atoms with van der Waals surface area (Å²) in [5.74, 6) is -0.627. The van der Waals surface area contributed by atoms with Gasteiger partial charge in [-0.2, -0.15) is 0 Å². The Hall–Kier alpha value is -1.89. The minimum atomic E-state index is -0.562. The van der Waals surface area contributed by atoms with Crippen molar-refractivity contribution in [3.05, 3.63) is 28.7 Å². The summed E-state index contributed by atoms with van der Waals surface area (Å²) in [6.45, 7) is 4.35. The molecule has 1 saturated heterocycles. The number of nitrogens with one attached hydrogen (secondary N) is 1. The highest BCUT2D eigenvalue weighted by Gasteiger charge is 2.36. The maximum absolute atomic E-state index is 12.7. The summed E-state index contributed by atoms with van der Waals surface area (Å²) >= 11 is 3.40. The zero-order chi connectivity index (χ0) is 19.4. The predicted octanol–water partition coefficient (Wildman–Crippen LogP) is 2.42. The van der Waals surface area contributed by atoms with Crippen LogP contribution in [-0.4, -0.2) is 49.3 Å². The van der Waals surface area contributed by atoms with Gasteiger partial charge < -0.3 is 15.1 Å². The third-order valence-electron chi connectivity index (χ3n) is 4.38. The third-order valence-corrected chi connectivity index (χ3v) is 4.87. The lowest BCUT2D eigenvalue weighted by Gasteiger charge is -2.24. The lowest BCUT2D eigenvalue weighted by molar-refractivity contribution is -0.136. The number of anilines is 1. The molecule has 2 atom stereocenters. The van der Waals surface area contributed by atoms with Crippen molar-refractivity contribution in [1.29, 1.82) is 0 Å². The van der Waals surface area contributed by atoms with Crippen molar-refractivity contribution in [2.75, 3.05) is 25.5 Å². The quantitative estimate of drug-likeness (QED) is 0.763. The van der Waals surface area contributed by atoms with Gasteiger partial charge in [0.2, 0.25) is 17.7 Å². The molecule has 1 aliphatic heterocycles. The lowest BCUT2D eigenvalue weighted by atomic mass is 10.0. The maximum Gasteiger partial charge on any atom is 0.244 e. The lowest BCUT2D eigenvalue weighted by Crippen LogP contribution is -2.49. The van der Waals surface area contributed by atoms with E-state index in [0.29, 0.717) is 13.0 Å². The highest BCUT2D eigenvalue weighted by molar-refractivity contribution is 9.10. The van der Waals surface area contributed by atoms with E-state index in [1.165, 1.54) is 4.90 Å². The molecule has 0 radical (unpaired) electrons. The predicted molar refractivity (Wildman–Crippen MR) is 105 cm³/mol. The fraction of sp³-hybridized carbons (Fsp3) is 0.526. The molecule has 6 nitrogen and oxygen atoms in total. The van der Waals surface area contributed by atoms with Crippen molar-refractivity contribution in [1.82, 2.24) is 10.2 Å². The summed E-state index contributed by atoms with van der Waals surface area (Å²) in [7, 11) is 3.35. The van der Waals surface area contributed by atoms with Crippen LogP contribution in [0.15, 0.2) is 28.7 Å². The molecule has 0 bridgehead atoms. The molecule has 1 N–H and O–H groups in total. The number of nitrogens with zero attached hydrogens (tertiary/aromatic N) is 2. The van der Waals surface area contributed by atoms with Crippen molar-refractivity contribution >= 4 is 39.3 Å². The Morgan fingerprint density at radius 3 is 2.62 bits per heavy atom. The summed E-state index contributed by atoms with van der Waals surface area (Å²) in [6.07, 6.45) is 0.724. The van der Waals surface area contributed by atoms with Gasteiger partial charge in [0.05, 0.1) is 5.92 Å². The molecule has 1 aromatic carbocycles. The number of amides is 3. The van der Waals surface area contributed by atoms with E-state index < -0.39 is 12.0 Å². The Morgan fingerprint density at radius 1 is 1.35 bits per heavy atom. The molecule has 1 aromatic rings. The number of carbonyl (C=O) groups is 3. The zero-order valence-corrected chi connectivity index (χ0v) is 17.2. The number of rotatable bonds is 6. The van der Waals surface area contributed by atoms with Crippen LogP contribution in [0.5, 0.6) is 0 Å². The Bertz CT molecular complexity index is 690. The number of hydrogen-bond acceptors (Lipinski definition) is 3. The summed E-state index contributed by atoms with van der Waals surface area (Å²) in [5.41, 5.74) is 0.766. The smallest absolute Gasteiger partial charge is 0.244 e. The molecule has 1 aliphatic rings. The average Bonchev–Trinajstić information content (AvgIpc) is 2.95. The largest absolute Gasteiger partial charge is 0.347 e. The summed E-state index contributed by atoms with van der Waals surface area (Å²) in [4.78, 5) is 40.5. The first kappa shape index (κ1) is 20.4. The van der Waals surface area contributed by atoms with E-state index >= 15 is 0 Å². The zero-order valence-electron chi connectivity index (χ0n) is 15.7. The first-order valence-electron chi connectivity index (χ1n) is 8.76. The molecular weight excluding hydrogens is 398 g/mol. The van der Waals surface area contributed by atoms with Crippen LogP contribution in [-0.2, 0) is 14.4 Å². The number of halogens is 1. The second-order valence-corrected chi connectivity index (χ2v) is 8.22. The normalized spacial score (nSPS) is 18.2. The van der Waals surface area contributed by atoms with Crippen LogP contribution in [0.1, 0.15) is 26.7 Å². The van der Waals surface area contributed by atoms with E-state index in [1.54, 1.807) is 19.0 Å².